The van der Waals surface area contributed by atoms with Gasteiger partial charge in [0, 0.05) is 16.3 Å². The Bertz CT molecular complexity index is 1550. The monoisotopic (exact) mass is 525 g/mol. The van der Waals surface area contributed by atoms with Crippen molar-refractivity contribution in [3.8, 4) is 21.8 Å². The summed E-state index contributed by atoms with van der Waals surface area (Å²) in [7, 11) is 0. The van der Waals surface area contributed by atoms with E-state index in [1.54, 1.807) is 12.3 Å². The zero-order valence-electron chi connectivity index (χ0n) is 19.4. The normalized spacial score (nSPS) is 11.8. The molecule has 0 saturated heterocycles. The lowest BCUT2D eigenvalue weighted by Crippen LogP contribution is -2.13. The molecule has 3 heterocycles. The number of carbonyl (C=O) groups excluding carboxylic acids is 1. The van der Waals surface area contributed by atoms with E-state index < -0.39 is 17.8 Å². The van der Waals surface area contributed by atoms with E-state index in [2.05, 4.69) is 37.7 Å². The van der Waals surface area contributed by atoms with Gasteiger partial charge in [0.2, 0.25) is 0 Å². The van der Waals surface area contributed by atoms with Gasteiger partial charge in [-0.15, -0.1) is 11.3 Å². The fraction of sp³-hybridized carbons (Fsp3) is 0.200. The second-order valence-corrected chi connectivity index (χ2v) is 9.32. The van der Waals surface area contributed by atoms with E-state index in [-0.39, 0.29) is 16.4 Å². The highest BCUT2D eigenvalue weighted by Crippen LogP contribution is 2.34. The van der Waals surface area contributed by atoms with Crippen LogP contribution in [0.1, 0.15) is 34.6 Å². The van der Waals surface area contributed by atoms with Crippen molar-refractivity contribution in [3.63, 3.8) is 0 Å². The number of nitrogens with zero attached hydrogens (tertiary/aromatic N) is 3. The SMILES string of the molecule is NCCCCc1cccc(-c2cc3cn[nH]c3cc2NC(=O)c2csc(-c3cc(C(F)(F)F)[nH]n3)n2)c1. The number of thiazole rings is 1. The lowest BCUT2D eigenvalue weighted by molar-refractivity contribution is -0.141. The number of aryl methyl sites for hydroxylation is 1. The maximum Gasteiger partial charge on any atom is 0.432 e. The van der Waals surface area contributed by atoms with Gasteiger partial charge in [-0.2, -0.15) is 23.4 Å². The van der Waals surface area contributed by atoms with E-state index in [9.17, 15) is 18.0 Å². The Morgan fingerprint density at radius 2 is 1.97 bits per heavy atom. The summed E-state index contributed by atoms with van der Waals surface area (Å²) in [6.45, 7) is 0.648. The van der Waals surface area contributed by atoms with Crippen LogP contribution in [-0.4, -0.2) is 37.8 Å². The number of alkyl halides is 3. The molecular formula is C25H22F3N7OS. The average molecular weight is 526 g/mol. The molecule has 5 aromatic rings. The number of amides is 1. The van der Waals surface area contributed by atoms with Gasteiger partial charge in [-0.3, -0.25) is 15.0 Å². The second-order valence-electron chi connectivity index (χ2n) is 8.46. The molecule has 1 amide bonds. The number of anilines is 1. The molecule has 0 aliphatic rings. The fourth-order valence-electron chi connectivity index (χ4n) is 3.96. The molecule has 0 aliphatic heterocycles. The molecule has 3 aromatic heterocycles. The molecule has 37 heavy (non-hydrogen) atoms. The summed E-state index contributed by atoms with van der Waals surface area (Å²) in [6.07, 6.45) is -0.0200. The van der Waals surface area contributed by atoms with Crippen LogP contribution in [0.5, 0.6) is 0 Å². The van der Waals surface area contributed by atoms with Crippen molar-refractivity contribution >= 4 is 33.8 Å². The highest BCUT2D eigenvalue weighted by molar-refractivity contribution is 7.13. The maximum atomic E-state index is 13.1. The molecule has 0 fully saturated rings. The third kappa shape index (κ3) is 5.39. The molecule has 12 heteroatoms. The van der Waals surface area contributed by atoms with Gasteiger partial charge in [0.05, 0.1) is 17.4 Å². The van der Waals surface area contributed by atoms with Gasteiger partial charge in [-0.1, -0.05) is 24.3 Å². The van der Waals surface area contributed by atoms with Crippen LogP contribution in [0.2, 0.25) is 0 Å². The van der Waals surface area contributed by atoms with Gasteiger partial charge in [0.25, 0.3) is 5.91 Å². The summed E-state index contributed by atoms with van der Waals surface area (Å²) in [5, 5.41) is 18.1. The first-order valence-electron chi connectivity index (χ1n) is 11.5. The van der Waals surface area contributed by atoms with Crippen molar-refractivity contribution in [2.24, 2.45) is 5.73 Å². The number of H-pyrrole nitrogens is 2. The van der Waals surface area contributed by atoms with Gasteiger partial charge < -0.3 is 11.1 Å². The molecule has 0 spiro atoms. The molecule has 0 aliphatic carbocycles. The van der Waals surface area contributed by atoms with Crippen LogP contribution in [0.15, 0.2) is 54.0 Å². The number of unbranched alkanes of at least 4 members (excludes halogenated alkanes) is 1. The number of nitrogens with one attached hydrogen (secondary N) is 3. The van der Waals surface area contributed by atoms with Gasteiger partial charge in [-0.25, -0.2) is 4.98 Å². The molecule has 2 aromatic carbocycles. The van der Waals surface area contributed by atoms with Crippen LogP contribution in [0.4, 0.5) is 18.9 Å². The number of carbonyl (C=O) groups is 1. The third-order valence-electron chi connectivity index (χ3n) is 5.82. The van der Waals surface area contributed by atoms with Crippen LogP contribution in [-0.2, 0) is 12.6 Å². The van der Waals surface area contributed by atoms with Gasteiger partial charge in [-0.05, 0) is 55.1 Å². The quantitative estimate of drug-likeness (QED) is 0.195. The molecule has 190 valence electrons. The van der Waals surface area contributed by atoms with Crippen LogP contribution < -0.4 is 11.1 Å². The smallest absolute Gasteiger partial charge is 0.330 e. The Kier molecular flexibility index (Phi) is 6.76. The van der Waals surface area contributed by atoms with Crippen LogP contribution >= 0.6 is 11.3 Å². The lowest BCUT2D eigenvalue weighted by atomic mass is 9.98. The number of aromatic nitrogens is 5. The summed E-state index contributed by atoms with van der Waals surface area (Å²) in [4.78, 5) is 17.3. The number of halogens is 3. The predicted molar refractivity (Wildman–Crippen MR) is 136 cm³/mol. The van der Waals surface area contributed by atoms with E-state index >= 15 is 0 Å². The van der Waals surface area contributed by atoms with Gasteiger partial charge >= 0.3 is 6.18 Å². The minimum absolute atomic E-state index is 0.0161. The van der Waals surface area contributed by atoms with Crippen LogP contribution in [0.3, 0.4) is 0 Å². The minimum atomic E-state index is -4.55. The number of rotatable bonds is 8. The van der Waals surface area contributed by atoms with Crippen molar-refractivity contribution in [2.45, 2.75) is 25.4 Å². The molecule has 5 rings (SSSR count). The molecule has 5 N–H and O–H groups in total. The Morgan fingerprint density at radius 3 is 2.76 bits per heavy atom. The van der Waals surface area contributed by atoms with Gasteiger partial charge in [0.15, 0.2) is 0 Å². The second kappa shape index (κ2) is 10.1. The topological polar surface area (TPSA) is 125 Å². The van der Waals surface area contributed by atoms with E-state index in [4.69, 9.17) is 5.73 Å². The first-order valence-corrected chi connectivity index (χ1v) is 12.4. The van der Waals surface area contributed by atoms with E-state index in [1.165, 1.54) is 5.38 Å². The predicted octanol–water partition coefficient (Wildman–Crippen LogP) is 5.63. The zero-order chi connectivity index (χ0) is 26.0. The van der Waals surface area contributed by atoms with Crippen molar-refractivity contribution in [2.75, 3.05) is 11.9 Å². The largest absolute Gasteiger partial charge is 0.432 e. The number of benzene rings is 2. The van der Waals surface area contributed by atoms with E-state index in [0.717, 1.165) is 64.3 Å². The lowest BCUT2D eigenvalue weighted by Gasteiger charge is -2.13. The highest BCUT2D eigenvalue weighted by Gasteiger charge is 2.33. The number of fused-ring (bicyclic) bond motifs is 1. The Balaban J connectivity index is 1.43. The summed E-state index contributed by atoms with van der Waals surface area (Å²) in [5.41, 5.74) is 8.92. The number of hydrogen-bond acceptors (Lipinski definition) is 6. The maximum absolute atomic E-state index is 13.1. The Hall–Kier alpha value is -4.03. The summed E-state index contributed by atoms with van der Waals surface area (Å²) >= 11 is 1.03. The van der Waals surface area contributed by atoms with E-state index in [1.807, 2.05) is 23.3 Å². The highest BCUT2D eigenvalue weighted by atomic mass is 32.1. The first-order chi connectivity index (χ1) is 17.8. The van der Waals surface area contributed by atoms with Crippen molar-refractivity contribution < 1.29 is 18.0 Å². The molecule has 0 unspecified atom stereocenters. The summed E-state index contributed by atoms with van der Waals surface area (Å²) < 4.78 is 38.7. The Labute approximate surface area is 213 Å². The molecule has 8 nitrogen and oxygen atoms in total. The summed E-state index contributed by atoms with van der Waals surface area (Å²) in [6, 6.07) is 12.7. The first kappa shape index (κ1) is 24.7. The molecule has 0 bridgehead atoms. The molecule has 0 atom stereocenters. The average Bonchev–Trinajstić information content (AvgIpc) is 3.64. The van der Waals surface area contributed by atoms with Crippen molar-refractivity contribution in [1.82, 2.24) is 25.4 Å². The van der Waals surface area contributed by atoms with Crippen molar-refractivity contribution in [1.29, 1.82) is 0 Å². The Morgan fingerprint density at radius 1 is 1.11 bits per heavy atom. The number of nitrogens with two attached hydrogens (primary N) is 1. The summed E-state index contributed by atoms with van der Waals surface area (Å²) in [5.74, 6) is -0.492. The van der Waals surface area contributed by atoms with Gasteiger partial charge in [0.1, 0.15) is 22.1 Å². The van der Waals surface area contributed by atoms with Crippen molar-refractivity contribution in [3.05, 3.63) is 71.0 Å². The minimum Gasteiger partial charge on any atom is -0.330 e. The third-order valence-corrected chi connectivity index (χ3v) is 6.69. The van der Waals surface area contributed by atoms with E-state index in [0.29, 0.717) is 12.2 Å². The number of aromatic amines is 2. The number of hydrogen-bond donors (Lipinski definition) is 4. The zero-order valence-corrected chi connectivity index (χ0v) is 20.2. The standard InChI is InChI=1S/C25H22F3N7OS/c26-25(27,28)22-11-20(34-35-22)24-32-21(13-37-24)23(36)31-19-10-18-16(12-30-33-18)9-17(19)15-6-3-5-14(8-15)4-1-2-7-29/h3,5-6,8-13H,1-2,4,7,29H2,(H,30,33)(H,31,36)(H,34,35). The van der Waals surface area contributed by atoms with Crippen LogP contribution in [0.25, 0.3) is 32.7 Å². The molecule has 0 saturated carbocycles. The molecule has 0 radical (unpaired) electrons. The van der Waals surface area contributed by atoms with Crippen LogP contribution in [0, 0.1) is 0 Å². The molecular weight excluding hydrogens is 503 g/mol. The fourth-order valence-corrected chi connectivity index (χ4v) is 4.72.